The van der Waals surface area contributed by atoms with E-state index in [1.54, 1.807) is 11.1 Å². The van der Waals surface area contributed by atoms with Crippen LogP contribution in [0.25, 0.3) is 0 Å². The van der Waals surface area contributed by atoms with E-state index in [1.807, 2.05) is 25.2 Å². The maximum atomic E-state index is 12.0. The van der Waals surface area contributed by atoms with Crippen LogP contribution in [0.15, 0.2) is 24.4 Å². The Hall–Kier alpha value is -1.42. The minimum Gasteiger partial charge on any atom is -0.340 e. The van der Waals surface area contributed by atoms with Crippen molar-refractivity contribution in [3.8, 4) is 0 Å². The smallest absolute Gasteiger partial charge is 0.227 e. The molecule has 0 radical (unpaired) electrons. The van der Waals surface area contributed by atoms with Crippen LogP contribution in [-0.2, 0) is 11.3 Å². The Morgan fingerprint density at radius 1 is 1.62 bits per heavy atom. The number of carbonyl (C=O) groups excluding carboxylic acids is 1. The molecule has 1 aromatic rings. The van der Waals surface area contributed by atoms with Crippen LogP contribution in [0.1, 0.15) is 12.1 Å². The van der Waals surface area contributed by atoms with Crippen molar-refractivity contribution >= 4 is 5.91 Å². The van der Waals surface area contributed by atoms with Gasteiger partial charge in [-0.05, 0) is 25.1 Å². The Morgan fingerprint density at radius 3 is 3.12 bits per heavy atom. The minimum atomic E-state index is 0.147. The maximum Gasteiger partial charge on any atom is 0.227 e. The molecule has 0 aromatic carbocycles. The highest BCUT2D eigenvalue weighted by Gasteiger charge is 2.25. The first-order chi connectivity index (χ1) is 7.77. The van der Waals surface area contributed by atoms with Gasteiger partial charge in [0.1, 0.15) is 0 Å². The lowest BCUT2D eigenvalue weighted by Crippen LogP contribution is -2.33. The molecule has 0 spiro atoms. The van der Waals surface area contributed by atoms with Crippen LogP contribution in [0, 0.1) is 5.92 Å². The number of nitrogens with one attached hydrogen (secondary N) is 1. The van der Waals surface area contributed by atoms with Crippen LogP contribution in [0.5, 0.6) is 0 Å². The molecule has 1 aliphatic rings. The van der Waals surface area contributed by atoms with Gasteiger partial charge in [-0.3, -0.25) is 9.78 Å². The summed E-state index contributed by atoms with van der Waals surface area (Å²) in [4.78, 5) is 18.0. The molecule has 1 aromatic heterocycles. The van der Waals surface area contributed by atoms with Gasteiger partial charge in [0.25, 0.3) is 0 Å². The average molecular weight is 219 g/mol. The third-order valence-electron chi connectivity index (χ3n) is 2.91. The third kappa shape index (κ3) is 2.58. The molecule has 0 saturated carbocycles. The molecule has 2 heterocycles. The lowest BCUT2D eigenvalue weighted by molar-refractivity contribution is -0.134. The summed E-state index contributed by atoms with van der Waals surface area (Å²) in [7, 11) is 1.84. The lowest BCUT2D eigenvalue weighted by atomic mass is 10.1. The third-order valence-corrected chi connectivity index (χ3v) is 2.91. The van der Waals surface area contributed by atoms with Crippen molar-refractivity contribution in [2.45, 2.75) is 13.0 Å². The molecular weight excluding hydrogens is 202 g/mol. The molecule has 1 atom stereocenters. The fourth-order valence-electron chi connectivity index (χ4n) is 1.99. The number of aromatic nitrogens is 1. The topological polar surface area (TPSA) is 45.2 Å². The Kier molecular flexibility index (Phi) is 3.51. The van der Waals surface area contributed by atoms with Gasteiger partial charge in [0.05, 0.1) is 18.2 Å². The molecule has 16 heavy (non-hydrogen) atoms. The number of pyridine rings is 1. The number of hydrogen-bond donors (Lipinski definition) is 1. The summed E-state index contributed by atoms with van der Waals surface area (Å²) in [5, 5.41) is 3.21. The van der Waals surface area contributed by atoms with Crippen LogP contribution >= 0.6 is 0 Å². The normalized spacial score (nSPS) is 19.7. The molecule has 4 heteroatoms. The molecule has 86 valence electrons. The first kappa shape index (κ1) is 11.1. The Morgan fingerprint density at radius 2 is 2.50 bits per heavy atom. The van der Waals surface area contributed by atoms with Crippen molar-refractivity contribution in [1.29, 1.82) is 0 Å². The summed E-state index contributed by atoms with van der Waals surface area (Å²) in [5.41, 5.74) is 0.935. The fraction of sp³-hybridized carbons (Fsp3) is 0.500. The molecule has 0 bridgehead atoms. The van der Waals surface area contributed by atoms with E-state index in [-0.39, 0.29) is 11.8 Å². The molecule has 1 saturated heterocycles. The second-order valence-corrected chi connectivity index (χ2v) is 4.21. The molecule has 2 rings (SSSR count). The summed E-state index contributed by atoms with van der Waals surface area (Å²) in [6, 6.07) is 5.76. The largest absolute Gasteiger partial charge is 0.340 e. The zero-order chi connectivity index (χ0) is 11.4. The first-order valence-electron chi connectivity index (χ1n) is 5.63. The predicted octanol–water partition coefficient (Wildman–Crippen LogP) is 0.649. The van der Waals surface area contributed by atoms with Gasteiger partial charge < -0.3 is 10.2 Å². The van der Waals surface area contributed by atoms with Crippen molar-refractivity contribution < 1.29 is 4.79 Å². The fourth-order valence-corrected chi connectivity index (χ4v) is 1.99. The van der Waals surface area contributed by atoms with Crippen LogP contribution < -0.4 is 5.32 Å². The first-order valence-corrected chi connectivity index (χ1v) is 5.63. The van der Waals surface area contributed by atoms with Crippen LogP contribution in [0.4, 0.5) is 0 Å². The quantitative estimate of drug-likeness (QED) is 0.812. The van der Waals surface area contributed by atoms with Gasteiger partial charge in [-0.1, -0.05) is 6.07 Å². The van der Waals surface area contributed by atoms with E-state index in [1.165, 1.54) is 0 Å². The number of rotatable bonds is 3. The standard InChI is InChI=1S/C12H17N3O/c1-15(9-11-4-2-3-6-14-11)12(16)10-5-7-13-8-10/h2-4,6,10,13H,5,7-9H2,1H3. The highest BCUT2D eigenvalue weighted by Crippen LogP contribution is 2.12. The molecule has 1 fully saturated rings. The molecule has 1 N–H and O–H groups in total. The summed E-state index contributed by atoms with van der Waals surface area (Å²) in [5.74, 6) is 0.365. The number of hydrogen-bond acceptors (Lipinski definition) is 3. The Balaban J connectivity index is 1.92. The summed E-state index contributed by atoms with van der Waals surface area (Å²) in [6.07, 6.45) is 2.70. The van der Waals surface area contributed by atoms with E-state index in [4.69, 9.17) is 0 Å². The van der Waals surface area contributed by atoms with Crippen molar-refractivity contribution in [1.82, 2.24) is 15.2 Å². The second-order valence-electron chi connectivity index (χ2n) is 4.21. The van der Waals surface area contributed by atoms with E-state index in [9.17, 15) is 4.79 Å². The van der Waals surface area contributed by atoms with Crippen molar-refractivity contribution in [2.24, 2.45) is 5.92 Å². The van der Waals surface area contributed by atoms with Crippen molar-refractivity contribution in [3.05, 3.63) is 30.1 Å². The van der Waals surface area contributed by atoms with Gasteiger partial charge in [0, 0.05) is 19.8 Å². The zero-order valence-electron chi connectivity index (χ0n) is 9.52. The summed E-state index contributed by atoms with van der Waals surface area (Å²) < 4.78 is 0. The predicted molar refractivity (Wildman–Crippen MR) is 61.7 cm³/mol. The Labute approximate surface area is 95.7 Å². The molecule has 4 nitrogen and oxygen atoms in total. The van der Waals surface area contributed by atoms with E-state index in [0.29, 0.717) is 6.54 Å². The molecule has 1 unspecified atom stereocenters. The number of carbonyl (C=O) groups is 1. The van der Waals surface area contributed by atoms with Crippen LogP contribution in [0.2, 0.25) is 0 Å². The van der Waals surface area contributed by atoms with Crippen LogP contribution in [0.3, 0.4) is 0 Å². The van der Waals surface area contributed by atoms with Gasteiger partial charge in [0.2, 0.25) is 5.91 Å². The Bertz CT molecular complexity index is 347. The van der Waals surface area contributed by atoms with Gasteiger partial charge in [-0.15, -0.1) is 0 Å². The minimum absolute atomic E-state index is 0.147. The van der Waals surface area contributed by atoms with Gasteiger partial charge in [-0.25, -0.2) is 0 Å². The lowest BCUT2D eigenvalue weighted by Gasteiger charge is -2.20. The van der Waals surface area contributed by atoms with Crippen molar-refractivity contribution in [3.63, 3.8) is 0 Å². The molecule has 1 amide bonds. The highest BCUT2D eigenvalue weighted by molar-refractivity contribution is 5.79. The van der Waals surface area contributed by atoms with Gasteiger partial charge >= 0.3 is 0 Å². The maximum absolute atomic E-state index is 12.0. The average Bonchev–Trinajstić information content (AvgIpc) is 2.83. The molecule has 0 aliphatic carbocycles. The molecular formula is C12H17N3O. The number of nitrogens with zero attached hydrogens (tertiary/aromatic N) is 2. The zero-order valence-corrected chi connectivity index (χ0v) is 9.52. The van der Waals surface area contributed by atoms with E-state index < -0.39 is 0 Å². The van der Waals surface area contributed by atoms with Gasteiger partial charge in [0.15, 0.2) is 0 Å². The SMILES string of the molecule is CN(Cc1ccccn1)C(=O)C1CCNC1. The van der Waals surface area contributed by atoms with E-state index in [2.05, 4.69) is 10.3 Å². The summed E-state index contributed by atoms with van der Waals surface area (Å²) in [6.45, 7) is 2.36. The van der Waals surface area contributed by atoms with Gasteiger partial charge in [-0.2, -0.15) is 0 Å². The second kappa shape index (κ2) is 5.07. The van der Waals surface area contributed by atoms with Crippen molar-refractivity contribution in [2.75, 3.05) is 20.1 Å². The molecule has 1 aliphatic heterocycles. The number of amides is 1. The monoisotopic (exact) mass is 219 g/mol. The summed E-state index contributed by atoms with van der Waals surface area (Å²) >= 11 is 0. The highest BCUT2D eigenvalue weighted by atomic mass is 16.2. The van der Waals surface area contributed by atoms with E-state index in [0.717, 1.165) is 25.2 Å². The van der Waals surface area contributed by atoms with Crippen LogP contribution in [-0.4, -0.2) is 35.9 Å². The van der Waals surface area contributed by atoms with E-state index >= 15 is 0 Å².